The van der Waals surface area contributed by atoms with Gasteiger partial charge in [-0.15, -0.1) is 0 Å². The molecule has 3 aliphatic heterocycles. The number of nitrogens with zero attached hydrogens (tertiary/aromatic N) is 2. The smallest absolute Gasteiger partial charge is 0.111 e. The lowest BCUT2D eigenvalue weighted by Crippen LogP contribution is -2.47. The Morgan fingerprint density at radius 1 is 0.712 bits per heavy atom. The van der Waals surface area contributed by atoms with Crippen LogP contribution in [-0.4, -0.2) is 23.3 Å². The molecule has 5 aliphatic rings. The van der Waals surface area contributed by atoms with E-state index < -0.39 is 0 Å². The van der Waals surface area contributed by atoms with E-state index in [9.17, 15) is 0 Å². The lowest BCUT2D eigenvalue weighted by atomic mass is 9.87. The average molecular weight is 674 g/mol. The van der Waals surface area contributed by atoms with Crippen LogP contribution in [0.25, 0.3) is 39.6 Å². The summed E-state index contributed by atoms with van der Waals surface area (Å²) in [4.78, 5) is 2.62. The topological polar surface area (TPSA) is 44.3 Å². The molecule has 5 heteroatoms. The molecule has 0 fully saturated rings. The van der Waals surface area contributed by atoms with Crippen molar-refractivity contribution in [3.63, 3.8) is 0 Å². The Labute approximate surface area is 303 Å². The molecule has 6 aromatic rings. The maximum Gasteiger partial charge on any atom is 0.111 e. The Kier molecular flexibility index (Phi) is 6.71. The van der Waals surface area contributed by atoms with Crippen LogP contribution in [0.15, 0.2) is 162 Å². The van der Waals surface area contributed by atoms with Gasteiger partial charge in [0, 0.05) is 45.5 Å². The Morgan fingerprint density at radius 3 is 2.38 bits per heavy atom. The Hall–Kier alpha value is -6.04. The van der Waals surface area contributed by atoms with Gasteiger partial charge in [-0.1, -0.05) is 127 Å². The number of anilines is 2. The summed E-state index contributed by atoms with van der Waals surface area (Å²) in [5.41, 5.74) is 10.5. The molecule has 0 saturated heterocycles. The molecular weight excluding hydrogens is 635 g/mol. The molecule has 52 heavy (non-hydrogen) atoms. The van der Waals surface area contributed by atoms with Crippen molar-refractivity contribution in [3.05, 3.63) is 184 Å². The normalized spacial score (nSPS) is 23.0. The summed E-state index contributed by atoms with van der Waals surface area (Å²) in [7, 11) is 0. The maximum absolute atomic E-state index is 3.94. The van der Waals surface area contributed by atoms with Gasteiger partial charge in [0.25, 0.3) is 0 Å². The molecule has 2 aliphatic carbocycles. The van der Waals surface area contributed by atoms with Crippen molar-refractivity contribution in [2.45, 2.75) is 31.1 Å². The van der Waals surface area contributed by atoms with Crippen molar-refractivity contribution in [1.29, 1.82) is 0 Å². The zero-order valence-corrected chi connectivity index (χ0v) is 28.8. The first-order valence-corrected chi connectivity index (χ1v) is 18.6. The van der Waals surface area contributed by atoms with Crippen LogP contribution in [-0.2, 0) is 0 Å². The van der Waals surface area contributed by atoms with E-state index in [1.165, 1.54) is 71.6 Å². The van der Waals surface area contributed by atoms with E-state index in [4.69, 9.17) is 0 Å². The summed E-state index contributed by atoms with van der Waals surface area (Å²) in [6, 6.07) is 44.2. The Balaban J connectivity index is 1.06. The molecule has 0 bridgehead atoms. The SMILES string of the molecule is C1=CC2=C(CC1)N(c1ccccc1)C1C=c3c(c4ccc5ccccc5c4n3C3=CC=C(C4Nc5ccccc5C(c5ccccc5)N4)CN3)=CC21. The predicted octanol–water partition coefficient (Wildman–Crippen LogP) is 7.94. The molecule has 11 rings (SSSR count). The van der Waals surface area contributed by atoms with Crippen molar-refractivity contribution >= 4 is 51.0 Å². The fraction of sp³-hybridized carbons (Fsp3) is 0.149. The quantitative estimate of drug-likeness (QED) is 0.178. The van der Waals surface area contributed by atoms with E-state index in [-0.39, 0.29) is 18.2 Å². The first-order chi connectivity index (χ1) is 25.8. The second-order valence-corrected chi connectivity index (χ2v) is 14.5. The van der Waals surface area contributed by atoms with E-state index in [2.05, 4.69) is 183 Å². The summed E-state index contributed by atoms with van der Waals surface area (Å²) in [5.74, 6) is 1.40. The number of dihydropyridines is 1. The summed E-state index contributed by atoms with van der Waals surface area (Å²) in [5, 5.41) is 18.1. The first kappa shape index (κ1) is 29.7. The average Bonchev–Trinajstić information content (AvgIpc) is 3.72. The summed E-state index contributed by atoms with van der Waals surface area (Å²) in [6.45, 7) is 0.728. The van der Waals surface area contributed by atoms with Crippen LogP contribution in [0, 0.1) is 5.92 Å². The summed E-state index contributed by atoms with van der Waals surface area (Å²) < 4.78 is 2.51. The van der Waals surface area contributed by atoms with Crippen molar-refractivity contribution in [2.24, 2.45) is 5.92 Å². The summed E-state index contributed by atoms with van der Waals surface area (Å²) in [6.07, 6.45) is 16.7. The lowest BCUT2D eigenvalue weighted by molar-refractivity contribution is 0.524. The molecular formula is C47H39N5. The fourth-order valence-electron chi connectivity index (χ4n) is 9.37. The molecule has 252 valence electrons. The van der Waals surface area contributed by atoms with Gasteiger partial charge in [0.05, 0.1) is 22.9 Å². The molecule has 4 heterocycles. The monoisotopic (exact) mass is 673 g/mol. The van der Waals surface area contributed by atoms with E-state index in [1.54, 1.807) is 0 Å². The van der Waals surface area contributed by atoms with Crippen molar-refractivity contribution < 1.29 is 0 Å². The Bertz CT molecular complexity index is 2660. The van der Waals surface area contributed by atoms with Crippen LogP contribution < -0.4 is 31.4 Å². The lowest BCUT2D eigenvalue weighted by Gasteiger charge is -2.37. The Morgan fingerprint density at radius 2 is 1.52 bits per heavy atom. The van der Waals surface area contributed by atoms with Gasteiger partial charge in [-0.3, -0.25) is 9.88 Å². The fourth-order valence-corrected chi connectivity index (χ4v) is 9.37. The minimum atomic E-state index is -0.00872. The van der Waals surface area contributed by atoms with Gasteiger partial charge in [-0.2, -0.15) is 0 Å². The number of aromatic nitrogens is 1. The van der Waals surface area contributed by atoms with Crippen LogP contribution in [0.4, 0.5) is 11.4 Å². The second kappa shape index (κ2) is 11.8. The van der Waals surface area contributed by atoms with Gasteiger partial charge in [0.15, 0.2) is 0 Å². The van der Waals surface area contributed by atoms with Gasteiger partial charge in [-0.05, 0) is 70.9 Å². The van der Waals surface area contributed by atoms with Crippen molar-refractivity contribution in [3.8, 4) is 0 Å². The third-order valence-electron chi connectivity index (χ3n) is 11.7. The molecule has 0 saturated carbocycles. The minimum Gasteiger partial charge on any atom is -0.367 e. The van der Waals surface area contributed by atoms with E-state index in [0.717, 1.165) is 25.2 Å². The number of nitrogens with one attached hydrogen (secondary N) is 3. The molecule has 5 aromatic carbocycles. The summed E-state index contributed by atoms with van der Waals surface area (Å²) >= 11 is 0. The molecule has 1 aromatic heterocycles. The van der Waals surface area contributed by atoms with Crippen molar-refractivity contribution in [2.75, 3.05) is 16.8 Å². The third kappa shape index (κ3) is 4.52. The van der Waals surface area contributed by atoms with Gasteiger partial charge in [0.2, 0.25) is 0 Å². The first-order valence-electron chi connectivity index (χ1n) is 18.6. The zero-order valence-electron chi connectivity index (χ0n) is 28.8. The highest BCUT2D eigenvalue weighted by Gasteiger charge is 2.40. The van der Waals surface area contributed by atoms with Crippen LogP contribution in [0.1, 0.15) is 30.0 Å². The second-order valence-electron chi connectivity index (χ2n) is 14.5. The standard InChI is InChI=1S/C47H39N5/c1-3-14-31(15-4-1)45-37-20-9-11-21-40(37)49-47(50-45)32-24-26-44(48-29-32)52-43-28-42-38(27-39(43)36-25-23-30-13-7-8-18-34(30)46(36)52)35-19-10-12-22-41(35)51(42)33-16-5-2-6-17-33/h1-11,13-21,23-28,38,42,45,47-50H,12,22,29H2. The molecule has 5 nitrogen and oxygen atoms in total. The van der Waals surface area contributed by atoms with Gasteiger partial charge < -0.3 is 15.5 Å². The maximum atomic E-state index is 3.94. The number of hydrogen-bond donors (Lipinski definition) is 3. The predicted molar refractivity (Wildman–Crippen MR) is 215 cm³/mol. The molecule has 0 radical (unpaired) electrons. The highest BCUT2D eigenvalue weighted by molar-refractivity contribution is 6.08. The van der Waals surface area contributed by atoms with Crippen LogP contribution in [0.2, 0.25) is 0 Å². The molecule has 0 spiro atoms. The largest absolute Gasteiger partial charge is 0.367 e. The molecule has 3 N–H and O–H groups in total. The van der Waals surface area contributed by atoms with E-state index >= 15 is 0 Å². The highest BCUT2D eigenvalue weighted by Crippen LogP contribution is 2.44. The number of rotatable bonds is 4. The highest BCUT2D eigenvalue weighted by atomic mass is 15.2. The van der Waals surface area contributed by atoms with E-state index in [1.807, 2.05) is 0 Å². The number of benzene rings is 5. The van der Waals surface area contributed by atoms with Gasteiger partial charge >= 0.3 is 0 Å². The van der Waals surface area contributed by atoms with Crippen LogP contribution in [0.3, 0.4) is 0 Å². The van der Waals surface area contributed by atoms with Crippen molar-refractivity contribution in [1.82, 2.24) is 15.2 Å². The van der Waals surface area contributed by atoms with E-state index in [0.29, 0.717) is 5.92 Å². The van der Waals surface area contributed by atoms with Gasteiger partial charge in [0.1, 0.15) is 12.0 Å². The number of hydrogen-bond acceptors (Lipinski definition) is 4. The molecule has 0 amide bonds. The number of allylic oxidation sites excluding steroid dienone is 5. The number of para-hydroxylation sites is 2. The molecule has 4 atom stereocenters. The minimum absolute atomic E-state index is 0.00872. The van der Waals surface area contributed by atoms with Crippen LogP contribution in [0.5, 0.6) is 0 Å². The van der Waals surface area contributed by atoms with Crippen LogP contribution >= 0.6 is 0 Å². The van der Waals surface area contributed by atoms with Gasteiger partial charge in [-0.25, -0.2) is 0 Å². The number of fused-ring (bicyclic) bond motifs is 8. The zero-order chi connectivity index (χ0) is 34.2. The molecule has 4 unspecified atom stereocenters. The third-order valence-corrected chi connectivity index (χ3v) is 11.7.